The van der Waals surface area contributed by atoms with Crippen LogP contribution in [0.2, 0.25) is 0 Å². The number of rotatable bonds is 34. The Kier molecular flexibility index (Phi) is 43.0. The highest BCUT2D eigenvalue weighted by Crippen LogP contribution is 2.42. The molecule has 5 aliphatic heterocycles. The number of ether oxygens (including phenoxy) is 1. The second-order valence-corrected chi connectivity index (χ2v) is 40.7. The minimum Gasteiger partial charge on any atom is -0.444 e. The number of likely N-dealkylation sites (tertiary alicyclic amines) is 4. The van der Waals surface area contributed by atoms with Gasteiger partial charge in [0.2, 0.25) is 35.4 Å². The number of nitrogens with zero attached hydrogens (tertiary/aromatic N) is 4. The number of hydrogen-bond donors (Lipinski definition) is 7. The molecule has 8 atom stereocenters. The first kappa shape index (κ1) is 99.8. The van der Waals surface area contributed by atoms with Crippen LogP contribution >= 0.6 is 12.2 Å². The first-order valence-electron chi connectivity index (χ1n) is 46.2. The van der Waals surface area contributed by atoms with Gasteiger partial charge in [0, 0.05) is 137 Å². The van der Waals surface area contributed by atoms with Crippen LogP contribution in [0.3, 0.4) is 0 Å². The maximum Gasteiger partial charge on any atom is 0.410 e. The lowest BCUT2D eigenvalue weighted by molar-refractivity contribution is -0.143. The summed E-state index contributed by atoms with van der Waals surface area (Å²) in [7, 11) is 0. The van der Waals surface area contributed by atoms with Crippen LogP contribution in [0.1, 0.15) is 343 Å². The number of hydrogen-bond acceptors (Lipinski definition) is 13. The standard InChI is InChI=1S/C25H44N2OS.C24H42N2O3.C20H37N3O2.C14H26N2O.C10H20N2O2/c1-7-9-11-19-15-20(16-19)23(29)26-17-21-12-10-13-27(21)24(28)22(25(4,5)6)14-18(3)8-2;1-6-8-10-17-13-18(14-17)22(28)25-16-19-11-9-12-26(19)23(29)21(24(3,4)5)15-20(27)7-2;1-5-6-8-14-11-15(12-14)18(24)22-13-16-9-7-10-23(16)19(25)17(21)20(2,3)4;1-2-3-5-11-8-12(9-11)14(17)16-10-13-6-4-7-15-13;1-10(2,3)14-9(13)12-6-4-5-8(12)7-11/h19-22H,3,7-17H2,1-2,4-6H3,(H,26,29);17-19,21H,6-16H2,1-5H3,(H,25,28);14-17H,5-13,21H2,1-4H3,(H,22,24);11-13,15H,2-10H2,1H3,(H,16,17);8H,4-7,11H2,1-3H3/t19?,20?,21-,22-;17?,18?,19-,21-;14?,15?,16-,17-;11?,12?,13-;8-/m11111/s1. The quantitative estimate of drug-likeness (QED) is 0.0233. The Bertz CT molecular complexity index is 2840. The van der Waals surface area contributed by atoms with E-state index in [1.165, 1.54) is 108 Å². The van der Waals surface area contributed by atoms with Gasteiger partial charge in [-0.05, 0) is 196 Å². The van der Waals surface area contributed by atoms with E-state index in [2.05, 4.69) is 93.5 Å². The molecule has 0 aromatic carbocycles. The van der Waals surface area contributed by atoms with E-state index < -0.39 is 11.6 Å². The largest absolute Gasteiger partial charge is 0.444 e. The van der Waals surface area contributed by atoms with E-state index in [0.29, 0.717) is 62.2 Å². The molecule has 4 aliphatic carbocycles. The summed E-state index contributed by atoms with van der Waals surface area (Å²) in [6.07, 6.45) is 37.1. The third-order valence-electron chi connectivity index (χ3n) is 26.5. The number of carbonyl (C=O) groups is 8. The molecule has 9 rings (SSSR count). The summed E-state index contributed by atoms with van der Waals surface area (Å²) in [6, 6.07) is 0.635. The van der Waals surface area contributed by atoms with Crippen LogP contribution in [-0.4, -0.2) is 179 Å². The fraction of sp³-hybridized carbons (Fsp3) is 0.882. The first-order chi connectivity index (χ1) is 53.8. The molecule has 114 heavy (non-hydrogen) atoms. The maximum absolute atomic E-state index is 13.5. The Morgan fingerprint density at radius 2 is 0.816 bits per heavy atom. The van der Waals surface area contributed by atoms with Crippen molar-refractivity contribution in [3.05, 3.63) is 12.2 Å². The second-order valence-electron chi connectivity index (χ2n) is 40.3. The Hall–Kier alpha value is -4.73. The third kappa shape index (κ3) is 33.1. The molecular formula is C93H169N11O9S. The van der Waals surface area contributed by atoms with E-state index in [-0.39, 0.29) is 99.6 Å². The summed E-state index contributed by atoms with van der Waals surface area (Å²) in [5.41, 5.74) is 11.9. The lowest BCUT2D eigenvalue weighted by Crippen LogP contribution is -2.54. The van der Waals surface area contributed by atoms with E-state index in [9.17, 15) is 38.4 Å². The van der Waals surface area contributed by atoms with Crippen molar-refractivity contribution in [3.8, 4) is 0 Å². The Morgan fingerprint density at radius 1 is 0.456 bits per heavy atom. The van der Waals surface area contributed by atoms with Crippen molar-refractivity contribution in [1.29, 1.82) is 0 Å². The highest BCUT2D eigenvalue weighted by atomic mass is 32.1. The van der Waals surface area contributed by atoms with E-state index in [1.54, 1.807) is 4.90 Å². The van der Waals surface area contributed by atoms with Crippen LogP contribution in [0.5, 0.6) is 0 Å². The second kappa shape index (κ2) is 49.1. The summed E-state index contributed by atoms with van der Waals surface area (Å²) < 4.78 is 5.29. The van der Waals surface area contributed by atoms with Gasteiger partial charge in [-0.15, -0.1) is 0 Å². The van der Waals surface area contributed by atoms with Gasteiger partial charge in [0.1, 0.15) is 11.4 Å². The van der Waals surface area contributed by atoms with Crippen LogP contribution in [0.4, 0.5) is 4.79 Å². The van der Waals surface area contributed by atoms with Crippen molar-refractivity contribution in [2.45, 2.75) is 385 Å². The topological polar surface area (TPSA) is 271 Å². The predicted octanol–water partition coefficient (Wildman–Crippen LogP) is 16.6. The molecule has 0 aromatic rings. The summed E-state index contributed by atoms with van der Waals surface area (Å²) in [6.45, 7) is 48.9. The van der Waals surface area contributed by atoms with Gasteiger partial charge >= 0.3 is 6.09 Å². The molecule has 21 heteroatoms. The highest BCUT2D eigenvalue weighted by Gasteiger charge is 2.44. The number of thiocarbonyl (C=S) groups is 1. The summed E-state index contributed by atoms with van der Waals surface area (Å²) in [5.74, 6) is 5.29. The molecule has 5 saturated heterocycles. The SMILES string of the molecule is C=C(CC)C[C@H](C(=O)N1CCC[C@@H]1CNC(=S)C1CC(CCCC)C1)C(C)(C)C.CC(C)(C)OC(=O)N1CCC[C@@H]1CN.CCCCC1CC(C(=O)NC[C@H]2CCCN2)C1.CCCCC1CC(C(=O)NC[C@H]2CCCN2C(=O)[C@@H](CC(=O)CC)C(C)(C)C)C1.CCCCC1CC(C(=O)NC[C@H]2CCCN2C(=O)[C@@H](N)C(C)(C)C)C1. The van der Waals surface area contributed by atoms with Gasteiger partial charge in [0.15, 0.2) is 0 Å². The van der Waals surface area contributed by atoms with Crippen molar-refractivity contribution < 1.29 is 43.1 Å². The number of ketones is 1. The molecule has 9 fully saturated rings. The molecule has 9 aliphatic rings. The van der Waals surface area contributed by atoms with Crippen LogP contribution in [-0.2, 0) is 38.3 Å². The van der Waals surface area contributed by atoms with Crippen molar-refractivity contribution >= 4 is 64.5 Å². The smallest absolute Gasteiger partial charge is 0.410 e. The van der Waals surface area contributed by atoms with Crippen molar-refractivity contribution in [2.24, 2.45) is 86.9 Å². The molecule has 4 saturated carbocycles. The van der Waals surface area contributed by atoms with Gasteiger partial charge in [-0.2, -0.15) is 0 Å². The fourth-order valence-corrected chi connectivity index (χ4v) is 18.3. The molecular weight excluding hydrogens is 1450 g/mol. The summed E-state index contributed by atoms with van der Waals surface area (Å²) in [4.78, 5) is 109. The van der Waals surface area contributed by atoms with Gasteiger partial charge in [-0.25, -0.2) is 4.79 Å². The molecule has 0 radical (unpaired) electrons. The Morgan fingerprint density at radius 3 is 1.16 bits per heavy atom. The van der Waals surface area contributed by atoms with E-state index in [4.69, 9.17) is 28.4 Å². The highest BCUT2D eigenvalue weighted by molar-refractivity contribution is 7.80. The number of unbranched alkanes of at least 4 members (excludes halogenated alkanes) is 4. The molecule has 20 nitrogen and oxygen atoms in total. The van der Waals surface area contributed by atoms with Crippen molar-refractivity contribution in [3.63, 3.8) is 0 Å². The number of nitrogens with one attached hydrogen (secondary N) is 5. The van der Waals surface area contributed by atoms with Gasteiger partial charge in [-0.1, -0.05) is 205 Å². The van der Waals surface area contributed by atoms with E-state index >= 15 is 0 Å². The Balaban J connectivity index is 0.000000260. The molecule has 5 heterocycles. The zero-order chi connectivity index (χ0) is 84.7. The number of allylic oxidation sites excluding steroid dienone is 1. The molecule has 9 N–H and O–H groups in total. The Labute approximate surface area is 699 Å². The van der Waals surface area contributed by atoms with Crippen molar-refractivity contribution in [1.82, 2.24) is 46.2 Å². The average Bonchev–Trinajstić information content (AvgIpc) is 1.58. The van der Waals surface area contributed by atoms with Crippen LogP contribution < -0.4 is 38.1 Å². The minimum absolute atomic E-state index is 0.00783. The zero-order valence-corrected chi connectivity index (χ0v) is 76.4. The lowest BCUT2D eigenvalue weighted by atomic mass is 9.72. The van der Waals surface area contributed by atoms with Crippen LogP contribution in [0.15, 0.2) is 12.2 Å². The third-order valence-corrected chi connectivity index (χ3v) is 27.0. The van der Waals surface area contributed by atoms with Crippen molar-refractivity contribution in [2.75, 3.05) is 65.4 Å². The summed E-state index contributed by atoms with van der Waals surface area (Å²) in [5, 5.41) is 16.3. The fourth-order valence-electron chi connectivity index (χ4n) is 18.0. The van der Waals surface area contributed by atoms with E-state index in [0.717, 1.165) is 177 Å². The van der Waals surface area contributed by atoms with Gasteiger partial charge in [-0.3, -0.25) is 33.6 Å². The first-order valence-corrected chi connectivity index (χ1v) is 46.6. The lowest BCUT2D eigenvalue weighted by Gasteiger charge is -2.38. The molecule has 656 valence electrons. The normalized spacial score (nSPS) is 26.6. The minimum atomic E-state index is -0.491. The average molecular weight is 1620 g/mol. The molecule has 0 spiro atoms. The molecule has 0 bridgehead atoms. The molecule has 7 amide bonds. The zero-order valence-electron chi connectivity index (χ0n) is 75.6. The predicted molar refractivity (Wildman–Crippen MR) is 470 cm³/mol. The molecule has 0 aromatic heterocycles. The van der Waals surface area contributed by atoms with Gasteiger partial charge < -0.3 is 62.4 Å². The van der Waals surface area contributed by atoms with E-state index in [1.807, 2.05) is 79.0 Å². The van der Waals surface area contributed by atoms with Crippen LogP contribution in [0, 0.1) is 75.4 Å². The number of amides is 7. The number of Topliss-reactive ketones (excluding diaryl/α,β-unsaturated/α-hetero) is 1. The van der Waals surface area contributed by atoms with Gasteiger partial charge in [0.05, 0.1) is 11.0 Å². The maximum atomic E-state index is 13.5. The summed E-state index contributed by atoms with van der Waals surface area (Å²) >= 11 is 5.69. The number of nitrogens with two attached hydrogens (primary N) is 2. The molecule has 0 unspecified atom stereocenters. The van der Waals surface area contributed by atoms with Gasteiger partial charge in [0.25, 0.3) is 0 Å². The van der Waals surface area contributed by atoms with Crippen LogP contribution in [0.25, 0.3) is 0 Å². The number of carbonyl (C=O) groups excluding carboxylic acids is 8. The monoisotopic (exact) mass is 1620 g/mol.